The number of rotatable bonds is 47. The summed E-state index contributed by atoms with van der Waals surface area (Å²) in [5.41, 5.74) is 0. The zero-order valence-electron chi connectivity index (χ0n) is 41.8. The molecule has 0 saturated carbocycles. The van der Waals surface area contributed by atoms with Crippen LogP contribution in [0.25, 0.3) is 0 Å². The van der Waals surface area contributed by atoms with E-state index in [0.717, 1.165) is 70.6 Å². The van der Waals surface area contributed by atoms with E-state index in [1.807, 2.05) is 60.8 Å². The zero-order chi connectivity index (χ0) is 46.5. The third-order valence-corrected chi connectivity index (χ3v) is 11.3. The molecule has 0 aliphatic carbocycles. The highest BCUT2D eigenvalue weighted by Gasteiger charge is 2.19. The fourth-order valence-corrected chi connectivity index (χ4v) is 7.29. The first-order valence-corrected chi connectivity index (χ1v) is 26.7. The van der Waals surface area contributed by atoms with Gasteiger partial charge in [-0.2, -0.15) is 0 Å². The van der Waals surface area contributed by atoms with Gasteiger partial charge in [0.25, 0.3) is 0 Å². The summed E-state index contributed by atoms with van der Waals surface area (Å²) in [6.45, 7) is 6.45. The normalized spacial score (nSPS) is 12.7. The second-order valence-corrected chi connectivity index (χ2v) is 17.6. The van der Waals surface area contributed by atoms with Crippen LogP contribution in [0.3, 0.4) is 0 Å². The lowest BCUT2D eigenvalue weighted by Crippen LogP contribution is -2.30. The molecule has 0 saturated heterocycles. The Balaban J connectivity index is 4.45. The van der Waals surface area contributed by atoms with E-state index < -0.39 is 6.10 Å². The maximum atomic E-state index is 12.8. The summed E-state index contributed by atoms with van der Waals surface area (Å²) in [4.78, 5) is 38.0. The highest BCUT2D eigenvalue weighted by Crippen LogP contribution is 2.15. The van der Waals surface area contributed by atoms with Gasteiger partial charge in [0.05, 0.1) is 0 Å². The van der Waals surface area contributed by atoms with Gasteiger partial charge < -0.3 is 14.2 Å². The van der Waals surface area contributed by atoms with Crippen molar-refractivity contribution in [2.24, 2.45) is 0 Å². The molecule has 1 unspecified atom stereocenters. The molecule has 0 aromatic rings. The van der Waals surface area contributed by atoms with Crippen molar-refractivity contribution >= 4 is 17.9 Å². The fraction of sp³-hybridized carbons (Fsp3) is 0.707. The van der Waals surface area contributed by atoms with Crippen LogP contribution in [-0.2, 0) is 28.6 Å². The maximum absolute atomic E-state index is 12.8. The molecule has 0 aromatic heterocycles. The van der Waals surface area contributed by atoms with Gasteiger partial charge in [-0.25, -0.2) is 0 Å². The molecule has 0 heterocycles. The van der Waals surface area contributed by atoms with Gasteiger partial charge in [0.15, 0.2) is 6.10 Å². The van der Waals surface area contributed by atoms with Gasteiger partial charge in [0, 0.05) is 19.3 Å². The lowest BCUT2D eigenvalue weighted by Gasteiger charge is -2.18. The minimum absolute atomic E-state index is 0.0962. The summed E-state index contributed by atoms with van der Waals surface area (Å²) < 4.78 is 16.8. The van der Waals surface area contributed by atoms with Crippen LogP contribution in [0, 0.1) is 0 Å². The average molecular weight is 891 g/mol. The molecule has 0 aromatic carbocycles. The number of esters is 3. The van der Waals surface area contributed by atoms with Crippen molar-refractivity contribution in [1.82, 2.24) is 0 Å². The van der Waals surface area contributed by atoms with Crippen molar-refractivity contribution in [3.05, 3.63) is 85.1 Å². The van der Waals surface area contributed by atoms with Gasteiger partial charge in [-0.3, -0.25) is 14.4 Å². The molecule has 0 aliphatic rings. The smallest absolute Gasteiger partial charge is 0.306 e. The lowest BCUT2D eigenvalue weighted by molar-refractivity contribution is -0.167. The van der Waals surface area contributed by atoms with Crippen molar-refractivity contribution in [1.29, 1.82) is 0 Å². The van der Waals surface area contributed by atoms with E-state index in [2.05, 4.69) is 45.1 Å². The molecule has 64 heavy (non-hydrogen) atoms. The first kappa shape index (κ1) is 60.6. The van der Waals surface area contributed by atoms with Gasteiger partial charge in [-0.15, -0.1) is 0 Å². The molecule has 0 fully saturated rings. The predicted octanol–water partition coefficient (Wildman–Crippen LogP) is 17.6. The summed E-state index contributed by atoms with van der Waals surface area (Å²) >= 11 is 0. The van der Waals surface area contributed by atoms with E-state index >= 15 is 0 Å². The summed E-state index contributed by atoms with van der Waals surface area (Å²) in [6, 6.07) is 0. The van der Waals surface area contributed by atoms with Gasteiger partial charge in [-0.05, 0) is 64.2 Å². The fourth-order valence-electron chi connectivity index (χ4n) is 7.29. The van der Waals surface area contributed by atoms with E-state index in [-0.39, 0.29) is 37.5 Å². The second kappa shape index (κ2) is 52.2. The summed E-state index contributed by atoms with van der Waals surface area (Å²) in [7, 11) is 0. The Bertz CT molecular complexity index is 1250. The van der Waals surface area contributed by atoms with E-state index in [1.165, 1.54) is 128 Å². The highest BCUT2D eigenvalue weighted by atomic mass is 16.6. The minimum Gasteiger partial charge on any atom is -0.462 e. The Morgan fingerprint density at radius 3 is 1.02 bits per heavy atom. The molecular formula is C58H98O6. The summed E-state index contributed by atoms with van der Waals surface area (Å²) in [5, 5.41) is 0. The number of hydrogen-bond donors (Lipinski definition) is 0. The average Bonchev–Trinajstić information content (AvgIpc) is 3.29. The third-order valence-electron chi connectivity index (χ3n) is 11.3. The number of allylic oxidation sites excluding steroid dienone is 14. The zero-order valence-corrected chi connectivity index (χ0v) is 41.8. The molecule has 0 rings (SSSR count). The standard InChI is InChI=1S/C58H98O6/c1-4-7-10-13-16-19-22-24-26-28-30-31-33-36-39-42-45-48-51-57(60)63-54-55(53-62-56(59)50-47-44-41-38-35-21-18-15-12-9-6-3)64-58(61)52-49-46-43-40-37-34-32-29-27-25-23-20-17-14-11-8-5-2/h8,11,14,17,20,23,25,27,29-32,34,37,55H,4-7,9-10,12-13,15-16,18-19,21-22,24,26,28,33,35-36,38-54H2,1-3H3/b11-8-,17-14-,23-20-,27-25-,31-30-,32-29+,37-34-. The lowest BCUT2D eigenvalue weighted by atomic mass is 10.1. The highest BCUT2D eigenvalue weighted by molar-refractivity contribution is 5.71. The monoisotopic (exact) mass is 891 g/mol. The van der Waals surface area contributed by atoms with Gasteiger partial charge >= 0.3 is 17.9 Å². The number of unbranched alkanes of at least 4 members (excludes halogenated alkanes) is 27. The second-order valence-electron chi connectivity index (χ2n) is 17.6. The van der Waals surface area contributed by atoms with Crippen LogP contribution < -0.4 is 0 Å². The van der Waals surface area contributed by atoms with Crippen LogP contribution in [0.1, 0.15) is 245 Å². The summed E-state index contributed by atoms with van der Waals surface area (Å²) in [6.07, 6.45) is 67.1. The minimum atomic E-state index is -0.801. The van der Waals surface area contributed by atoms with Crippen LogP contribution in [-0.4, -0.2) is 37.2 Å². The molecule has 1 atom stereocenters. The van der Waals surface area contributed by atoms with Crippen LogP contribution in [0.2, 0.25) is 0 Å². The molecule has 6 nitrogen and oxygen atoms in total. The quantitative estimate of drug-likeness (QED) is 0.0199. The molecular weight excluding hydrogens is 793 g/mol. The first-order valence-electron chi connectivity index (χ1n) is 26.7. The molecule has 6 heteroatoms. The molecule has 0 N–H and O–H groups in total. The Morgan fingerprint density at radius 1 is 0.328 bits per heavy atom. The Hall–Kier alpha value is -3.41. The number of hydrogen-bond acceptors (Lipinski definition) is 6. The van der Waals surface area contributed by atoms with Crippen LogP contribution in [0.15, 0.2) is 85.1 Å². The molecule has 0 radical (unpaired) electrons. The van der Waals surface area contributed by atoms with Gasteiger partial charge in [-0.1, -0.05) is 247 Å². The Labute approximate surface area is 395 Å². The topological polar surface area (TPSA) is 78.9 Å². The van der Waals surface area contributed by atoms with Crippen molar-refractivity contribution in [2.45, 2.75) is 252 Å². The molecule has 0 bridgehead atoms. The summed E-state index contributed by atoms with van der Waals surface area (Å²) in [5.74, 6) is -0.947. The SMILES string of the molecule is CC\C=C/C=C\C=C/C=C\C=C\C=C/CCCCCC(=O)OC(COC(=O)CCCCCCC/C=C\CCCCCCCCCCC)COC(=O)CCCCCCCCCCCCC. The van der Waals surface area contributed by atoms with E-state index in [4.69, 9.17) is 14.2 Å². The largest absolute Gasteiger partial charge is 0.462 e. The van der Waals surface area contributed by atoms with Crippen LogP contribution in [0.4, 0.5) is 0 Å². The van der Waals surface area contributed by atoms with Gasteiger partial charge in [0.2, 0.25) is 0 Å². The third kappa shape index (κ3) is 49.6. The van der Waals surface area contributed by atoms with E-state index in [0.29, 0.717) is 19.3 Å². The molecule has 0 aliphatic heterocycles. The van der Waals surface area contributed by atoms with Crippen LogP contribution >= 0.6 is 0 Å². The van der Waals surface area contributed by atoms with Gasteiger partial charge in [0.1, 0.15) is 13.2 Å². The number of ether oxygens (including phenoxy) is 3. The maximum Gasteiger partial charge on any atom is 0.306 e. The molecule has 366 valence electrons. The Morgan fingerprint density at radius 2 is 0.625 bits per heavy atom. The van der Waals surface area contributed by atoms with Crippen molar-refractivity contribution in [3.63, 3.8) is 0 Å². The van der Waals surface area contributed by atoms with Crippen molar-refractivity contribution < 1.29 is 28.6 Å². The first-order chi connectivity index (χ1) is 31.5. The number of carbonyl (C=O) groups excluding carboxylic acids is 3. The van der Waals surface area contributed by atoms with Crippen molar-refractivity contribution in [3.8, 4) is 0 Å². The molecule has 0 spiro atoms. The number of carbonyl (C=O) groups is 3. The van der Waals surface area contributed by atoms with E-state index in [9.17, 15) is 14.4 Å². The molecule has 0 amide bonds. The van der Waals surface area contributed by atoms with Crippen LogP contribution in [0.5, 0.6) is 0 Å². The van der Waals surface area contributed by atoms with E-state index in [1.54, 1.807) is 0 Å². The Kier molecular flexibility index (Phi) is 49.4. The predicted molar refractivity (Wildman–Crippen MR) is 274 cm³/mol. The van der Waals surface area contributed by atoms with Crippen molar-refractivity contribution in [2.75, 3.05) is 13.2 Å².